The van der Waals surface area contributed by atoms with Crippen LogP contribution in [0.1, 0.15) is 18.1 Å². The van der Waals surface area contributed by atoms with Gasteiger partial charge in [-0.1, -0.05) is 35.9 Å². The van der Waals surface area contributed by atoms with Crippen LogP contribution in [0.4, 0.5) is 5.69 Å². The summed E-state index contributed by atoms with van der Waals surface area (Å²) in [7, 11) is -2.52. The van der Waals surface area contributed by atoms with Gasteiger partial charge in [-0.3, -0.25) is 9.59 Å². The van der Waals surface area contributed by atoms with Crippen LogP contribution in [0.15, 0.2) is 53.4 Å². The minimum atomic E-state index is -3.83. The van der Waals surface area contributed by atoms with Gasteiger partial charge in [0.05, 0.1) is 4.90 Å². The first-order valence-corrected chi connectivity index (χ1v) is 10.8. The first kappa shape index (κ1) is 21.0. The van der Waals surface area contributed by atoms with Gasteiger partial charge >= 0.3 is 5.97 Å². The molecular formula is C21H24N2O5S. The molecule has 0 N–H and O–H groups in total. The standard InChI is InChI=1S/C21H24N2O5S/c1-15-8-10-18(11-9-15)29(26,27)22(3)14-20(24)28-16(2)21(25)23-13-12-17-6-4-5-7-19(17)23/h4-11,16H,12-14H2,1-3H3/t16-/m0/s1. The van der Waals surface area contributed by atoms with Gasteiger partial charge in [-0.05, 0) is 44.0 Å². The summed E-state index contributed by atoms with van der Waals surface area (Å²) in [6.07, 6.45) is -0.260. The Hall–Kier alpha value is -2.71. The normalized spacial score (nSPS) is 14.6. The molecule has 0 aromatic heterocycles. The highest BCUT2D eigenvalue weighted by Gasteiger charge is 2.31. The Bertz CT molecular complexity index is 1020. The summed E-state index contributed by atoms with van der Waals surface area (Å²) in [6, 6.07) is 13.9. The molecule has 0 bridgehead atoms. The molecule has 1 aliphatic rings. The van der Waals surface area contributed by atoms with Gasteiger partial charge in [0.25, 0.3) is 5.91 Å². The Labute approximate surface area is 170 Å². The second kappa shape index (κ2) is 8.34. The molecule has 29 heavy (non-hydrogen) atoms. The lowest BCUT2D eigenvalue weighted by atomic mass is 10.2. The van der Waals surface area contributed by atoms with Crippen molar-refractivity contribution < 1.29 is 22.7 Å². The van der Waals surface area contributed by atoms with Gasteiger partial charge in [0.15, 0.2) is 6.10 Å². The number of para-hydroxylation sites is 1. The van der Waals surface area contributed by atoms with Crippen molar-refractivity contribution in [1.82, 2.24) is 4.31 Å². The number of anilines is 1. The third-order valence-corrected chi connectivity index (χ3v) is 6.71. The molecule has 1 heterocycles. The number of aryl methyl sites for hydroxylation is 1. The highest BCUT2D eigenvalue weighted by atomic mass is 32.2. The summed E-state index contributed by atoms with van der Waals surface area (Å²) in [5.41, 5.74) is 2.82. The highest BCUT2D eigenvalue weighted by molar-refractivity contribution is 7.89. The molecule has 0 saturated heterocycles. The number of nitrogens with zero attached hydrogens (tertiary/aromatic N) is 2. The van der Waals surface area contributed by atoms with Crippen molar-refractivity contribution in [2.24, 2.45) is 0 Å². The van der Waals surface area contributed by atoms with E-state index in [2.05, 4.69) is 0 Å². The Kier molecular flexibility index (Phi) is 6.04. The zero-order valence-electron chi connectivity index (χ0n) is 16.7. The van der Waals surface area contributed by atoms with Crippen molar-refractivity contribution in [3.63, 3.8) is 0 Å². The maximum absolute atomic E-state index is 12.7. The van der Waals surface area contributed by atoms with Gasteiger partial charge in [-0.15, -0.1) is 0 Å². The van der Waals surface area contributed by atoms with E-state index >= 15 is 0 Å². The second-order valence-electron chi connectivity index (χ2n) is 7.07. The zero-order chi connectivity index (χ0) is 21.2. The van der Waals surface area contributed by atoms with Crippen LogP contribution < -0.4 is 4.90 Å². The molecule has 0 spiro atoms. The summed E-state index contributed by atoms with van der Waals surface area (Å²) in [5.74, 6) is -1.11. The molecule has 0 fully saturated rings. The molecule has 7 nitrogen and oxygen atoms in total. The molecule has 1 amide bonds. The average Bonchev–Trinajstić information content (AvgIpc) is 3.11. The number of ether oxygens (including phenoxy) is 1. The highest BCUT2D eigenvalue weighted by Crippen LogP contribution is 2.28. The first-order valence-electron chi connectivity index (χ1n) is 9.32. The summed E-state index contributed by atoms with van der Waals surface area (Å²) in [6.45, 7) is 3.40. The molecule has 3 rings (SSSR count). The second-order valence-corrected chi connectivity index (χ2v) is 9.12. The third kappa shape index (κ3) is 4.49. The number of rotatable bonds is 6. The number of amides is 1. The molecule has 0 aliphatic carbocycles. The van der Waals surface area contributed by atoms with Crippen LogP contribution >= 0.6 is 0 Å². The Morgan fingerprint density at radius 2 is 1.79 bits per heavy atom. The van der Waals surface area contributed by atoms with E-state index in [4.69, 9.17) is 4.74 Å². The first-order chi connectivity index (χ1) is 13.7. The Morgan fingerprint density at radius 1 is 1.14 bits per heavy atom. The van der Waals surface area contributed by atoms with E-state index in [0.29, 0.717) is 6.54 Å². The van der Waals surface area contributed by atoms with Crippen molar-refractivity contribution in [3.05, 3.63) is 59.7 Å². The van der Waals surface area contributed by atoms with E-state index < -0.39 is 28.6 Å². The Morgan fingerprint density at radius 3 is 2.48 bits per heavy atom. The van der Waals surface area contributed by atoms with E-state index in [0.717, 1.165) is 27.5 Å². The number of sulfonamides is 1. The van der Waals surface area contributed by atoms with Gasteiger partial charge in [0.2, 0.25) is 10.0 Å². The summed E-state index contributed by atoms with van der Waals surface area (Å²) in [5, 5.41) is 0. The molecule has 2 aromatic rings. The number of fused-ring (bicyclic) bond motifs is 1. The third-order valence-electron chi connectivity index (χ3n) is 4.89. The lowest BCUT2D eigenvalue weighted by Gasteiger charge is -2.23. The maximum atomic E-state index is 12.7. The van der Waals surface area contributed by atoms with Crippen LogP contribution in [0.2, 0.25) is 0 Å². The van der Waals surface area contributed by atoms with Crippen LogP contribution in [0.3, 0.4) is 0 Å². The number of esters is 1. The Balaban J connectivity index is 1.61. The molecule has 0 radical (unpaired) electrons. The number of hydrogen-bond donors (Lipinski definition) is 0. The predicted octanol–water partition coefficient (Wildman–Crippen LogP) is 2.14. The van der Waals surface area contributed by atoms with Crippen molar-refractivity contribution in [2.75, 3.05) is 25.0 Å². The maximum Gasteiger partial charge on any atom is 0.322 e. The van der Waals surface area contributed by atoms with E-state index in [1.165, 1.54) is 26.1 Å². The minimum Gasteiger partial charge on any atom is -0.452 e. The van der Waals surface area contributed by atoms with E-state index in [-0.39, 0.29) is 10.8 Å². The van der Waals surface area contributed by atoms with Gasteiger partial charge < -0.3 is 9.64 Å². The number of benzene rings is 2. The van der Waals surface area contributed by atoms with Crippen LogP contribution in [0.25, 0.3) is 0 Å². The fourth-order valence-electron chi connectivity index (χ4n) is 3.23. The predicted molar refractivity (Wildman–Crippen MR) is 109 cm³/mol. The summed E-state index contributed by atoms with van der Waals surface area (Å²) < 4.78 is 31.3. The van der Waals surface area contributed by atoms with Crippen LogP contribution in [0.5, 0.6) is 0 Å². The van der Waals surface area contributed by atoms with E-state index in [9.17, 15) is 18.0 Å². The smallest absolute Gasteiger partial charge is 0.322 e. The topological polar surface area (TPSA) is 84.0 Å². The van der Waals surface area contributed by atoms with Crippen molar-refractivity contribution in [2.45, 2.75) is 31.3 Å². The lowest BCUT2D eigenvalue weighted by molar-refractivity contribution is -0.153. The van der Waals surface area contributed by atoms with Crippen LogP contribution in [-0.4, -0.2) is 50.8 Å². The molecule has 154 valence electrons. The van der Waals surface area contributed by atoms with Gasteiger partial charge in [0.1, 0.15) is 6.54 Å². The number of likely N-dealkylation sites (N-methyl/N-ethyl adjacent to an activating group) is 1. The molecule has 2 aromatic carbocycles. The number of carbonyl (C=O) groups excluding carboxylic acids is 2. The average molecular weight is 416 g/mol. The molecular weight excluding hydrogens is 392 g/mol. The van der Waals surface area contributed by atoms with E-state index in [1.807, 2.05) is 31.2 Å². The van der Waals surface area contributed by atoms with Gasteiger partial charge in [0, 0.05) is 19.3 Å². The summed E-state index contributed by atoms with van der Waals surface area (Å²) in [4.78, 5) is 26.6. The summed E-state index contributed by atoms with van der Waals surface area (Å²) >= 11 is 0. The van der Waals surface area contributed by atoms with Gasteiger partial charge in [-0.2, -0.15) is 4.31 Å². The van der Waals surface area contributed by atoms with Crippen molar-refractivity contribution in [1.29, 1.82) is 0 Å². The fourth-order valence-corrected chi connectivity index (χ4v) is 4.34. The van der Waals surface area contributed by atoms with Gasteiger partial charge in [-0.25, -0.2) is 8.42 Å². The minimum absolute atomic E-state index is 0.0937. The number of carbonyl (C=O) groups is 2. The van der Waals surface area contributed by atoms with E-state index in [1.54, 1.807) is 17.0 Å². The molecule has 1 atom stereocenters. The molecule has 1 aliphatic heterocycles. The number of hydrogen-bond acceptors (Lipinski definition) is 5. The zero-order valence-corrected chi connectivity index (χ0v) is 17.5. The SMILES string of the molecule is Cc1ccc(S(=O)(=O)N(C)CC(=O)O[C@@H](C)C(=O)N2CCc3ccccc32)cc1. The molecule has 0 unspecified atom stereocenters. The molecule has 0 saturated carbocycles. The van der Waals surface area contributed by atoms with Crippen molar-refractivity contribution >= 4 is 27.6 Å². The fraction of sp³-hybridized carbons (Fsp3) is 0.333. The quantitative estimate of drug-likeness (QED) is 0.674. The van der Waals surface area contributed by atoms with Crippen molar-refractivity contribution in [3.8, 4) is 0 Å². The van der Waals surface area contributed by atoms with Crippen LogP contribution in [-0.2, 0) is 30.8 Å². The van der Waals surface area contributed by atoms with Crippen LogP contribution in [0, 0.1) is 6.92 Å². The monoisotopic (exact) mass is 416 g/mol. The largest absolute Gasteiger partial charge is 0.452 e. The molecule has 8 heteroatoms. The lowest BCUT2D eigenvalue weighted by Crippen LogP contribution is -2.41.